The van der Waals surface area contributed by atoms with Crippen LogP contribution in [-0.2, 0) is 23.8 Å². The summed E-state index contributed by atoms with van der Waals surface area (Å²) in [6.45, 7) is 2.37. The molecule has 6 heteroatoms. The Bertz CT molecular complexity index is 479. The van der Waals surface area contributed by atoms with Crippen LogP contribution in [0.2, 0.25) is 0 Å². The molecule has 0 amide bonds. The van der Waals surface area contributed by atoms with Gasteiger partial charge in [-0.25, -0.2) is 4.79 Å². The van der Waals surface area contributed by atoms with Gasteiger partial charge in [0.15, 0.2) is 6.61 Å². The third-order valence-corrected chi connectivity index (χ3v) is 3.55. The Labute approximate surface area is 139 Å². The van der Waals surface area contributed by atoms with Crippen LogP contribution in [-0.4, -0.2) is 37.1 Å². The minimum atomic E-state index is -0.463. The van der Waals surface area contributed by atoms with Gasteiger partial charge in [-0.1, -0.05) is 41.4 Å². The number of rotatable bonds is 8. The summed E-state index contributed by atoms with van der Waals surface area (Å²) in [4.78, 5) is 22.3. The number of unbranched alkanes of at least 4 members (excludes halogenated alkanes) is 1. The quantitative estimate of drug-likeness (QED) is 0.372. The van der Waals surface area contributed by atoms with Crippen molar-refractivity contribution in [1.82, 2.24) is 0 Å². The standard InChI is InChI=1S/C16H21BrO5/c1-3-4-9-21-16(19)14(17)10-12-5-7-13(8-6-12)22-11-15(18)20-2/h5,7-8,10,14H,3-4,6,9,11H2,1-2H3. The average molecular weight is 373 g/mol. The SMILES string of the molecule is CCCCOC(=O)C(Br)C=C1C=CC(OCC(=O)OC)=CC1. The van der Waals surface area contributed by atoms with Crippen LogP contribution in [0.1, 0.15) is 26.2 Å². The van der Waals surface area contributed by atoms with Crippen molar-refractivity contribution in [2.45, 2.75) is 31.0 Å². The molecular formula is C16H21BrO5. The Morgan fingerprint density at radius 2 is 2.18 bits per heavy atom. The maximum Gasteiger partial charge on any atom is 0.343 e. The Morgan fingerprint density at radius 1 is 1.41 bits per heavy atom. The van der Waals surface area contributed by atoms with Gasteiger partial charge in [0.1, 0.15) is 10.6 Å². The fraction of sp³-hybridized carbons (Fsp3) is 0.500. The lowest BCUT2D eigenvalue weighted by molar-refractivity contribution is -0.144. The number of ether oxygens (including phenoxy) is 3. The van der Waals surface area contributed by atoms with E-state index in [1.807, 2.05) is 19.1 Å². The summed E-state index contributed by atoms with van der Waals surface area (Å²) in [5.41, 5.74) is 0.972. The van der Waals surface area contributed by atoms with E-state index in [4.69, 9.17) is 9.47 Å². The van der Waals surface area contributed by atoms with Gasteiger partial charge in [0.05, 0.1) is 13.7 Å². The van der Waals surface area contributed by atoms with Crippen molar-refractivity contribution < 1.29 is 23.8 Å². The van der Waals surface area contributed by atoms with Crippen LogP contribution in [0.3, 0.4) is 0 Å². The molecule has 0 fully saturated rings. The Kier molecular flexibility index (Phi) is 8.58. The van der Waals surface area contributed by atoms with Crippen LogP contribution < -0.4 is 0 Å². The van der Waals surface area contributed by atoms with E-state index in [0.717, 1.165) is 18.4 Å². The number of halogens is 1. The zero-order valence-corrected chi connectivity index (χ0v) is 14.4. The molecule has 0 bridgehead atoms. The zero-order chi connectivity index (χ0) is 16.4. The predicted octanol–water partition coefficient (Wildman–Crippen LogP) is 3.05. The van der Waals surface area contributed by atoms with Gasteiger partial charge >= 0.3 is 11.9 Å². The second kappa shape index (κ2) is 10.2. The van der Waals surface area contributed by atoms with Gasteiger partial charge in [-0.2, -0.15) is 0 Å². The molecule has 0 aromatic heterocycles. The van der Waals surface area contributed by atoms with Crippen LogP contribution in [0, 0.1) is 0 Å². The van der Waals surface area contributed by atoms with Gasteiger partial charge in [-0.3, -0.25) is 4.79 Å². The third-order valence-electron chi connectivity index (χ3n) is 2.91. The summed E-state index contributed by atoms with van der Waals surface area (Å²) < 4.78 is 14.9. The van der Waals surface area contributed by atoms with Gasteiger partial charge in [-0.15, -0.1) is 0 Å². The Balaban J connectivity index is 2.42. The van der Waals surface area contributed by atoms with E-state index in [-0.39, 0.29) is 12.6 Å². The normalized spacial score (nSPS) is 16.9. The van der Waals surface area contributed by atoms with Crippen LogP contribution in [0.15, 0.2) is 35.6 Å². The van der Waals surface area contributed by atoms with Crippen molar-refractivity contribution in [3.05, 3.63) is 35.6 Å². The first-order valence-electron chi connectivity index (χ1n) is 7.16. The van der Waals surface area contributed by atoms with E-state index in [1.54, 1.807) is 12.2 Å². The summed E-state index contributed by atoms with van der Waals surface area (Å²) in [6, 6.07) is 0. The molecule has 1 rings (SSSR count). The lowest BCUT2D eigenvalue weighted by Crippen LogP contribution is -2.16. The van der Waals surface area contributed by atoms with Crippen LogP contribution >= 0.6 is 15.9 Å². The molecule has 1 aliphatic rings. The summed E-state index contributed by atoms with van der Waals surface area (Å²) in [7, 11) is 1.31. The topological polar surface area (TPSA) is 61.8 Å². The minimum absolute atomic E-state index is 0.115. The summed E-state index contributed by atoms with van der Waals surface area (Å²) in [6.07, 6.45) is 9.72. The highest BCUT2D eigenvalue weighted by Crippen LogP contribution is 2.19. The Morgan fingerprint density at radius 3 is 2.77 bits per heavy atom. The number of allylic oxidation sites excluding steroid dienone is 4. The number of methoxy groups -OCH3 is 1. The van der Waals surface area contributed by atoms with Gasteiger partial charge < -0.3 is 14.2 Å². The molecule has 0 saturated carbocycles. The molecule has 0 aliphatic heterocycles. The van der Waals surface area contributed by atoms with Crippen molar-refractivity contribution in [2.75, 3.05) is 20.3 Å². The number of esters is 2. The molecule has 0 N–H and O–H groups in total. The largest absolute Gasteiger partial charge is 0.482 e. The second-order valence-corrected chi connectivity index (χ2v) is 5.66. The van der Waals surface area contributed by atoms with Crippen LogP contribution in [0.4, 0.5) is 0 Å². The van der Waals surface area contributed by atoms with Gasteiger partial charge in [0.2, 0.25) is 0 Å². The second-order valence-electron chi connectivity index (χ2n) is 4.67. The summed E-state index contributed by atoms with van der Waals surface area (Å²) in [5.74, 6) is -0.101. The van der Waals surface area contributed by atoms with Gasteiger partial charge in [-0.05, 0) is 30.6 Å². The van der Waals surface area contributed by atoms with Gasteiger partial charge in [0.25, 0.3) is 0 Å². The first-order valence-corrected chi connectivity index (χ1v) is 8.07. The first kappa shape index (κ1) is 18.5. The summed E-state index contributed by atoms with van der Waals surface area (Å²) >= 11 is 3.31. The highest BCUT2D eigenvalue weighted by atomic mass is 79.9. The molecule has 0 aromatic rings. The van der Waals surface area contributed by atoms with E-state index >= 15 is 0 Å². The number of hydrogen-bond donors (Lipinski definition) is 0. The van der Waals surface area contributed by atoms with Crippen molar-refractivity contribution in [3.8, 4) is 0 Å². The van der Waals surface area contributed by atoms with Crippen LogP contribution in [0.5, 0.6) is 0 Å². The van der Waals surface area contributed by atoms with Crippen molar-refractivity contribution in [3.63, 3.8) is 0 Å². The molecule has 1 unspecified atom stereocenters. The maximum atomic E-state index is 11.7. The van der Waals surface area contributed by atoms with Crippen molar-refractivity contribution in [1.29, 1.82) is 0 Å². The molecule has 0 heterocycles. The number of carbonyl (C=O) groups excluding carboxylic acids is 2. The molecule has 0 aromatic carbocycles. The molecule has 1 atom stereocenters. The third kappa shape index (κ3) is 6.93. The number of hydrogen-bond acceptors (Lipinski definition) is 5. The minimum Gasteiger partial charge on any atom is -0.482 e. The molecule has 0 spiro atoms. The van der Waals surface area contributed by atoms with Crippen molar-refractivity contribution >= 4 is 27.9 Å². The summed E-state index contributed by atoms with van der Waals surface area (Å²) in [5, 5.41) is 0. The lowest BCUT2D eigenvalue weighted by atomic mass is 10.1. The van der Waals surface area contributed by atoms with E-state index < -0.39 is 10.8 Å². The van der Waals surface area contributed by atoms with Crippen LogP contribution in [0.25, 0.3) is 0 Å². The molecule has 122 valence electrons. The molecule has 5 nitrogen and oxygen atoms in total. The molecule has 1 aliphatic carbocycles. The fourth-order valence-electron chi connectivity index (χ4n) is 1.63. The van der Waals surface area contributed by atoms with Gasteiger partial charge in [0, 0.05) is 0 Å². The first-order chi connectivity index (χ1) is 10.6. The monoisotopic (exact) mass is 372 g/mol. The van der Waals surface area contributed by atoms with Crippen molar-refractivity contribution in [2.24, 2.45) is 0 Å². The fourth-order valence-corrected chi connectivity index (χ4v) is 2.10. The average Bonchev–Trinajstić information content (AvgIpc) is 2.53. The number of alkyl halides is 1. The molecule has 0 radical (unpaired) electrons. The molecular weight excluding hydrogens is 352 g/mol. The molecule has 0 saturated heterocycles. The predicted molar refractivity (Wildman–Crippen MR) is 86.5 cm³/mol. The van der Waals surface area contributed by atoms with E-state index in [1.165, 1.54) is 7.11 Å². The highest BCUT2D eigenvalue weighted by Gasteiger charge is 2.15. The molecule has 22 heavy (non-hydrogen) atoms. The lowest BCUT2D eigenvalue weighted by Gasteiger charge is -2.12. The highest BCUT2D eigenvalue weighted by molar-refractivity contribution is 9.10. The zero-order valence-electron chi connectivity index (χ0n) is 12.8. The smallest absolute Gasteiger partial charge is 0.343 e. The van der Waals surface area contributed by atoms with E-state index in [9.17, 15) is 9.59 Å². The maximum absolute atomic E-state index is 11.7. The Hall–Kier alpha value is -1.56. The van der Waals surface area contributed by atoms with E-state index in [2.05, 4.69) is 20.7 Å². The number of carbonyl (C=O) groups is 2. The van der Waals surface area contributed by atoms with E-state index in [0.29, 0.717) is 18.8 Å².